The molecule has 0 saturated carbocycles. The molecule has 0 radical (unpaired) electrons. The first kappa shape index (κ1) is 19.9. The predicted molar refractivity (Wildman–Crippen MR) is 112 cm³/mol. The third-order valence-corrected chi connectivity index (χ3v) is 4.81. The van der Waals surface area contributed by atoms with Crippen LogP contribution >= 0.6 is 11.6 Å². The van der Waals surface area contributed by atoms with E-state index in [9.17, 15) is 9.59 Å². The zero-order valence-electron chi connectivity index (χ0n) is 15.6. The zero-order valence-corrected chi connectivity index (χ0v) is 16.3. The van der Waals surface area contributed by atoms with Crippen molar-refractivity contribution in [3.8, 4) is 0 Å². The van der Waals surface area contributed by atoms with Crippen molar-refractivity contribution in [1.29, 1.82) is 0 Å². The highest BCUT2D eigenvalue weighted by molar-refractivity contribution is 6.31. The van der Waals surface area contributed by atoms with Gasteiger partial charge in [-0.15, -0.1) is 0 Å². The summed E-state index contributed by atoms with van der Waals surface area (Å²) in [6.07, 6.45) is 3.50. The van der Waals surface area contributed by atoms with Gasteiger partial charge in [-0.3, -0.25) is 4.79 Å². The lowest BCUT2D eigenvalue weighted by Crippen LogP contribution is -2.25. The number of aliphatic carboxylic acids is 1. The summed E-state index contributed by atoms with van der Waals surface area (Å²) in [5, 5.41) is 12.4. The van der Waals surface area contributed by atoms with Gasteiger partial charge >= 0.3 is 5.97 Å². The van der Waals surface area contributed by atoms with Crippen LogP contribution in [0.25, 0.3) is 0 Å². The molecule has 0 saturated heterocycles. The molecule has 2 N–H and O–H groups in total. The summed E-state index contributed by atoms with van der Waals surface area (Å²) < 4.78 is 0. The molecule has 6 nitrogen and oxygen atoms in total. The summed E-state index contributed by atoms with van der Waals surface area (Å²) in [6, 6.07) is 13.1. The number of carbonyl (C=O) groups excluding carboxylic acids is 1. The van der Waals surface area contributed by atoms with E-state index in [4.69, 9.17) is 16.7 Å². The molecule has 3 rings (SSSR count). The average Bonchev–Trinajstić information content (AvgIpc) is 2.76. The molecule has 1 amide bonds. The van der Waals surface area contributed by atoms with Crippen molar-refractivity contribution in [3.63, 3.8) is 0 Å². The van der Waals surface area contributed by atoms with Crippen LogP contribution in [-0.4, -0.2) is 43.7 Å². The van der Waals surface area contributed by atoms with Gasteiger partial charge in [0.1, 0.15) is 0 Å². The lowest BCUT2D eigenvalue weighted by molar-refractivity contribution is -0.131. The SMILES string of the molecule is CN1C(=O)c2ccccc2N(CCCNC/C=C/C(=O)O)c2cc(Cl)ccc21. The van der Waals surface area contributed by atoms with E-state index in [-0.39, 0.29) is 5.91 Å². The van der Waals surface area contributed by atoms with E-state index in [1.54, 1.807) is 24.1 Å². The predicted octanol–water partition coefficient (Wildman–Crippen LogP) is 3.69. The fraction of sp³-hybridized carbons (Fsp3) is 0.238. The molecule has 0 fully saturated rings. The highest BCUT2D eigenvalue weighted by Gasteiger charge is 2.28. The number of carboxylic acids is 1. The maximum atomic E-state index is 12.9. The van der Waals surface area contributed by atoms with E-state index >= 15 is 0 Å². The molecule has 1 aliphatic heterocycles. The molecule has 146 valence electrons. The van der Waals surface area contributed by atoms with Gasteiger partial charge in [-0.05, 0) is 43.3 Å². The molecular formula is C21H22ClN3O3. The van der Waals surface area contributed by atoms with Crippen LogP contribution in [-0.2, 0) is 4.79 Å². The molecule has 0 bridgehead atoms. The highest BCUT2D eigenvalue weighted by atomic mass is 35.5. The number of amides is 1. The normalized spacial score (nSPS) is 13.4. The molecule has 2 aromatic carbocycles. The number of carbonyl (C=O) groups is 2. The van der Waals surface area contributed by atoms with Crippen molar-refractivity contribution < 1.29 is 14.7 Å². The number of nitrogens with zero attached hydrogens (tertiary/aromatic N) is 2. The molecule has 0 aromatic heterocycles. The molecule has 2 aromatic rings. The Morgan fingerprint density at radius 2 is 1.96 bits per heavy atom. The van der Waals surface area contributed by atoms with E-state index < -0.39 is 5.97 Å². The second-order valence-corrected chi connectivity index (χ2v) is 6.90. The summed E-state index contributed by atoms with van der Waals surface area (Å²) in [7, 11) is 1.77. The largest absolute Gasteiger partial charge is 0.478 e. The molecule has 28 heavy (non-hydrogen) atoms. The number of fused-ring (bicyclic) bond motifs is 2. The Balaban J connectivity index is 1.82. The number of nitrogens with one attached hydrogen (secondary N) is 1. The van der Waals surface area contributed by atoms with Crippen LogP contribution in [0.1, 0.15) is 16.8 Å². The van der Waals surface area contributed by atoms with E-state index in [2.05, 4.69) is 10.2 Å². The summed E-state index contributed by atoms with van der Waals surface area (Å²) in [5.74, 6) is -1.01. The van der Waals surface area contributed by atoms with Crippen LogP contribution in [0.4, 0.5) is 17.1 Å². The maximum absolute atomic E-state index is 12.9. The third kappa shape index (κ3) is 4.35. The van der Waals surface area contributed by atoms with Crippen molar-refractivity contribution in [3.05, 3.63) is 65.2 Å². The van der Waals surface area contributed by atoms with E-state index in [0.717, 1.165) is 29.6 Å². The summed E-state index contributed by atoms with van der Waals surface area (Å²) in [5.41, 5.74) is 3.20. The Labute approximate surface area is 169 Å². The van der Waals surface area contributed by atoms with Gasteiger partial charge in [-0.2, -0.15) is 0 Å². The molecule has 0 spiro atoms. The second kappa shape index (κ2) is 8.91. The van der Waals surface area contributed by atoms with Gasteiger partial charge in [-0.25, -0.2) is 4.79 Å². The van der Waals surface area contributed by atoms with Crippen molar-refractivity contribution in [2.24, 2.45) is 0 Å². The number of benzene rings is 2. The van der Waals surface area contributed by atoms with Crippen LogP contribution in [0.15, 0.2) is 54.6 Å². The minimum atomic E-state index is -0.953. The summed E-state index contributed by atoms with van der Waals surface area (Å²) in [6.45, 7) is 1.88. The third-order valence-electron chi connectivity index (χ3n) is 4.58. The monoisotopic (exact) mass is 399 g/mol. The van der Waals surface area contributed by atoms with Gasteiger partial charge in [0.05, 0.1) is 22.6 Å². The molecule has 0 unspecified atom stereocenters. The van der Waals surface area contributed by atoms with Crippen LogP contribution < -0.4 is 15.1 Å². The lowest BCUT2D eigenvalue weighted by atomic mass is 10.1. The molecule has 0 aliphatic carbocycles. The first-order valence-electron chi connectivity index (χ1n) is 9.03. The number of hydrogen-bond donors (Lipinski definition) is 2. The average molecular weight is 400 g/mol. The number of carboxylic acid groups (broad SMARTS) is 1. The summed E-state index contributed by atoms with van der Waals surface area (Å²) in [4.78, 5) is 27.2. The van der Waals surface area contributed by atoms with Crippen LogP contribution in [0.3, 0.4) is 0 Å². The van der Waals surface area contributed by atoms with Crippen molar-refractivity contribution in [2.45, 2.75) is 6.42 Å². The summed E-state index contributed by atoms with van der Waals surface area (Å²) >= 11 is 6.25. The topological polar surface area (TPSA) is 72.9 Å². The maximum Gasteiger partial charge on any atom is 0.328 e. The van der Waals surface area contributed by atoms with Crippen LogP contribution in [0, 0.1) is 0 Å². The Morgan fingerprint density at radius 3 is 2.75 bits per heavy atom. The molecule has 0 atom stereocenters. The lowest BCUT2D eigenvalue weighted by Gasteiger charge is -2.27. The van der Waals surface area contributed by atoms with Gasteiger partial charge in [-0.1, -0.05) is 29.8 Å². The second-order valence-electron chi connectivity index (χ2n) is 6.46. The fourth-order valence-electron chi connectivity index (χ4n) is 3.25. The van der Waals surface area contributed by atoms with Gasteiger partial charge in [0.25, 0.3) is 5.91 Å². The fourth-order valence-corrected chi connectivity index (χ4v) is 3.42. The molecule has 1 heterocycles. The standard InChI is InChI=1S/C21H22ClN3O3/c1-24-18-10-9-15(22)14-19(18)25(13-5-12-23-11-4-8-20(26)27)17-7-3-2-6-16(17)21(24)28/h2-4,6-10,14,23H,5,11-13H2,1H3,(H,26,27)/b8-4+. The first-order chi connectivity index (χ1) is 13.5. The number of rotatable bonds is 7. The minimum Gasteiger partial charge on any atom is -0.478 e. The van der Waals surface area contributed by atoms with Crippen molar-refractivity contribution in [2.75, 3.05) is 36.5 Å². The zero-order chi connectivity index (χ0) is 20.1. The van der Waals surface area contributed by atoms with Gasteiger partial charge in [0, 0.05) is 31.2 Å². The van der Waals surface area contributed by atoms with Crippen molar-refractivity contribution in [1.82, 2.24) is 5.32 Å². The molecule has 1 aliphatic rings. The van der Waals surface area contributed by atoms with Gasteiger partial charge in [0.15, 0.2) is 0 Å². The van der Waals surface area contributed by atoms with E-state index in [1.807, 2.05) is 36.4 Å². The smallest absolute Gasteiger partial charge is 0.328 e. The number of halogens is 1. The van der Waals surface area contributed by atoms with E-state index in [1.165, 1.54) is 0 Å². The van der Waals surface area contributed by atoms with E-state index in [0.29, 0.717) is 30.2 Å². The Morgan fingerprint density at radius 1 is 1.18 bits per heavy atom. The highest BCUT2D eigenvalue weighted by Crippen LogP contribution is 2.41. The Hall–Kier alpha value is -2.83. The Bertz CT molecular complexity index is 914. The Kier molecular flexibility index (Phi) is 6.34. The minimum absolute atomic E-state index is 0.0568. The number of para-hydroxylation sites is 1. The molecule has 7 heteroatoms. The van der Waals surface area contributed by atoms with Crippen LogP contribution in [0.5, 0.6) is 0 Å². The molecular weight excluding hydrogens is 378 g/mol. The number of anilines is 3. The van der Waals surface area contributed by atoms with Gasteiger partial charge in [0.2, 0.25) is 0 Å². The number of hydrogen-bond acceptors (Lipinski definition) is 4. The van der Waals surface area contributed by atoms with Gasteiger partial charge < -0.3 is 20.2 Å². The quantitative estimate of drug-likeness (QED) is 0.548. The first-order valence-corrected chi connectivity index (χ1v) is 9.41. The van der Waals surface area contributed by atoms with Crippen LogP contribution in [0.2, 0.25) is 5.02 Å². The van der Waals surface area contributed by atoms with Crippen molar-refractivity contribution >= 4 is 40.5 Å².